The predicted octanol–water partition coefficient (Wildman–Crippen LogP) is 4.43. The van der Waals surface area contributed by atoms with E-state index in [0.717, 1.165) is 66.4 Å². The molecule has 1 aromatic carbocycles. The number of nitrogens with zero attached hydrogens (tertiary/aromatic N) is 2. The molecular formula is C24H30N2O3S. The van der Waals surface area contributed by atoms with Gasteiger partial charge in [0.15, 0.2) is 11.5 Å². The summed E-state index contributed by atoms with van der Waals surface area (Å²) in [5.74, 6) is 4.16. The third kappa shape index (κ3) is 3.33. The van der Waals surface area contributed by atoms with E-state index in [1.807, 2.05) is 22.8 Å². The summed E-state index contributed by atoms with van der Waals surface area (Å²) in [6, 6.07) is 4.34. The van der Waals surface area contributed by atoms with Gasteiger partial charge in [0.05, 0.1) is 24.8 Å². The van der Waals surface area contributed by atoms with Crippen LogP contribution in [-0.2, 0) is 11.2 Å². The summed E-state index contributed by atoms with van der Waals surface area (Å²) in [5, 5.41) is 6.94. The topological polar surface area (TPSA) is 51.1 Å². The second kappa shape index (κ2) is 7.63. The zero-order valence-electron chi connectivity index (χ0n) is 18.0. The monoisotopic (exact) mass is 426 g/mol. The van der Waals surface area contributed by atoms with Gasteiger partial charge >= 0.3 is 0 Å². The fourth-order valence-electron chi connectivity index (χ4n) is 5.28. The molecule has 0 spiro atoms. The second-order valence-electron chi connectivity index (χ2n) is 9.33. The third-order valence-corrected chi connectivity index (χ3v) is 7.83. The first kappa shape index (κ1) is 20.0. The van der Waals surface area contributed by atoms with Crippen molar-refractivity contribution in [1.82, 2.24) is 5.01 Å². The lowest BCUT2D eigenvalue weighted by molar-refractivity contribution is -0.140. The Morgan fingerprint density at radius 1 is 1.17 bits per heavy atom. The number of ether oxygens (including phenoxy) is 2. The van der Waals surface area contributed by atoms with E-state index < -0.39 is 0 Å². The fourth-order valence-corrected chi connectivity index (χ4v) is 6.36. The van der Waals surface area contributed by atoms with Gasteiger partial charge in [-0.3, -0.25) is 4.79 Å². The molecule has 0 aromatic heterocycles. The molecule has 1 saturated heterocycles. The number of allylic oxidation sites excluding steroid dienone is 2. The molecule has 0 bridgehead atoms. The average molecular weight is 427 g/mol. The predicted molar refractivity (Wildman–Crippen MR) is 120 cm³/mol. The van der Waals surface area contributed by atoms with E-state index in [-0.39, 0.29) is 29.4 Å². The number of hydrazone groups is 1. The minimum absolute atomic E-state index is 0.00911. The molecule has 0 saturated carbocycles. The number of carbonyl (C=O) groups excluding carboxylic acids is 1. The lowest BCUT2D eigenvalue weighted by Crippen LogP contribution is -2.50. The van der Waals surface area contributed by atoms with Crippen LogP contribution in [0.1, 0.15) is 50.7 Å². The van der Waals surface area contributed by atoms with Crippen molar-refractivity contribution in [1.29, 1.82) is 0 Å². The number of hydrogen-bond donors (Lipinski definition) is 0. The van der Waals surface area contributed by atoms with E-state index in [9.17, 15) is 4.79 Å². The van der Waals surface area contributed by atoms with E-state index in [4.69, 9.17) is 14.6 Å². The third-order valence-electron chi connectivity index (χ3n) is 6.78. The Balaban J connectivity index is 1.62. The van der Waals surface area contributed by atoms with Gasteiger partial charge in [0.25, 0.3) is 0 Å². The van der Waals surface area contributed by atoms with Gasteiger partial charge in [-0.2, -0.15) is 16.9 Å². The first-order valence-corrected chi connectivity index (χ1v) is 12.2. The maximum absolute atomic E-state index is 13.4. The number of rotatable bonds is 3. The Morgan fingerprint density at radius 2 is 1.90 bits per heavy atom. The number of hydrogen-bond acceptors (Lipinski definition) is 5. The van der Waals surface area contributed by atoms with Crippen LogP contribution in [0.4, 0.5) is 0 Å². The summed E-state index contributed by atoms with van der Waals surface area (Å²) in [5.41, 5.74) is 3.08. The van der Waals surface area contributed by atoms with Gasteiger partial charge in [-0.1, -0.05) is 12.2 Å². The van der Waals surface area contributed by atoms with Crippen LogP contribution in [0.25, 0.3) is 0 Å². The Morgan fingerprint density at radius 3 is 2.63 bits per heavy atom. The number of thioether (sulfide) groups is 1. The molecule has 30 heavy (non-hydrogen) atoms. The molecule has 3 aliphatic heterocycles. The van der Waals surface area contributed by atoms with Gasteiger partial charge in [-0.05, 0) is 63.2 Å². The maximum atomic E-state index is 13.4. The summed E-state index contributed by atoms with van der Waals surface area (Å²) in [6.07, 6.45) is 8.92. The molecular weight excluding hydrogens is 396 g/mol. The van der Waals surface area contributed by atoms with Crippen molar-refractivity contribution in [2.45, 2.75) is 57.6 Å². The molecule has 1 fully saturated rings. The van der Waals surface area contributed by atoms with Crippen LogP contribution in [-0.4, -0.2) is 46.9 Å². The molecule has 0 radical (unpaired) electrons. The number of fused-ring (bicyclic) bond motifs is 2. The van der Waals surface area contributed by atoms with Gasteiger partial charge in [-0.15, -0.1) is 0 Å². The van der Waals surface area contributed by atoms with Crippen LogP contribution in [0.2, 0.25) is 0 Å². The fraction of sp³-hybridized carbons (Fsp3) is 0.583. The van der Waals surface area contributed by atoms with Crippen LogP contribution in [0.5, 0.6) is 11.5 Å². The summed E-state index contributed by atoms with van der Waals surface area (Å²) in [7, 11) is 1.69. The molecule has 3 heterocycles. The van der Waals surface area contributed by atoms with Crippen molar-refractivity contribution in [3.63, 3.8) is 0 Å². The zero-order valence-corrected chi connectivity index (χ0v) is 18.8. The lowest BCUT2D eigenvalue weighted by Gasteiger charge is -2.41. The van der Waals surface area contributed by atoms with Crippen LogP contribution in [0, 0.1) is 11.8 Å². The number of benzene rings is 1. The van der Waals surface area contributed by atoms with Crippen molar-refractivity contribution in [3.8, 4) is 11.5 Å². The molecule has 1 aliphatic carbocycles. The molecule has 1 aromatic rings. The van der Waals surface area contributed by atoms with E-state index in [1.54, 1.807) is 7.11 Å². The highest BCUT2D eigenvalue weighted by Crippen LogP contribution is 2.46. The van der Waals surface area contributed by atoms with Crippen LogP contribution >= 0.6 is 11.8 Å². The molecule has 1 amide bonds. The van der Waals surface area contributed by atoms with Crippen molar-refractivity contribution in [2.24, 2.45) is 16.9 Å². The highest BCUT2D eigenvalue weighted by atomic mass is 32.2. The normalized spacial score (nSPS) is 27.9. The summed E-state index contributed by atoms with van der Waals surface area (Å²) < 4.78 is 11.9. The number of methoxy groups -OCH3 is 1. The quantitative estimate of drug-likeness (QED) is 0.671. The first-order chi connectivity index (χ1) is 14.5. The highest BCUT2D eigenvalue weighted by Gasteiger charge is 2.44. The van der Waals surface area contributed by atoms with E-state index in [1.165, 1.54) is 5.56 Å². The average Bonchev–Trinajstić information content (AvgIpc) is 3.09. The van der Waals surface area contributed by atoms with Gasteiger partial charge in [0.1, 0.15) is 5.60 Å². The molecule has 160 valence electrons. The molecule has 6 heteroatoms. The Bertz CT molecular complexity index is 917. The molecule has 0 unspecified atom stereocenters. The van der Waals surface area contributed by atoms with Crippen LogP contribution in [0.15, 0.2) is 29.4 Å². The minimum atomic E-state index is -0.275. The Hall–Kier alpha value is -1.95. The summed E-state index contributed by atoms with van der Waals surface area (Å²) in [6.45, 7) is 4.22. The smallest absolute Gasteiger partial charge is 0.247 e. The number of carbonyl (C=O) groups is 1. The SMILES string of the molecule is COc1ccc(C2=NN(C3CCSCC3)C(=O)[C@@H]3CC=CC[C@H]23)c2c1OC(C)(C)C2. The largest absolute Gasteiger partial charge is 0.493 e. The van der Waals surface area contributed by atoms with E-state index >= 15 is 0 Å². The summed E-state index contributed by atoms with van der Waals surface area (Å²) in [4.78, 5) is 13.4. The van der Waals surface area contributed by atoms with Crippen LogP contribution in [0.3, 0.4) is 0 Å². The van der Waals surface area contributed by atoms with Gasteiger partial charge in [-0.25, -0.2) is 5.01 Å². The molecule has 5 rings (SSSR count). The maximum Gasteiger partial charge on any atom is 0.247 e. The van der Waals surface area contributed by atoms with Crippen molar-refractivity contribution >= 4 is 23.4 Å². The summed E-state index contributed by atoms with van der Waals surface area (Å²) >= 11 is 1.98. The van der Waals surface area contributed by atoms with Crippen molar-refractivity contribution < 1.29 is 14.3 Å². The molecule has 2 atom stereocenters. The molecule has 0 N–H and O–H groups in total. The molecule has 5 nitrogen and oxygen atoms in total. The standard InChI is InChI=1S/C24H30N2O3S/c1-24(2)14-19-17(8-9-20(28-3)22(19)29-24)21-16-6-4-5-7-18(16)23(27)26(25-21)15-10-12-30-13-11-15/h4-5,8-9,15-16,18H,6-7,10-14H2,1-3H3/t16-,18+/m0/s1. The Labute approximate surface area is 182 Å². The van der Waals surface area contributed by atoms with Crippen LogP contribution < -0.4 is 9.47 Å². The lowest BCUT2D eigenvalue weighted by atomic mass is 9.75. The van der Waals surface area contributed by atoms with Gasteiger partial charge < -0.3 is 9.47 Å². The van der Waals surface area contributed by atoms with Crippen molar-refractivity contribution in [3.05, 3.63) is 35.4 Å². The highest BCUT2D eigenvalue weighted by molar-refractivity contribution is 7.99. The first-order valence-electron chi connectivity index (χ1n) is 11.0. The zero-order chi connectivity index (χ0) is 20.9. The van der Waals surface area contributed by atoms with E-state index in [2.05, 4.69) is 32.1 Å². The van der Waals surface area contributed by atoms with E-state index in [0.29, 0.717) is 0 Å². The Kier molecular flexibility index (Phi) is 5.08. The second-order valence-corrected chi connectivity index (χ2v) is 10.6. The minimum Gasteiger partial charge on any atom is -0.493 e. The van der Waals surface area contributed by atoms with Crippen molar-refractivity contribution in [2.75, 3.05) is 18.6 Å². The molecule has 4 aliphatic rings. The van der Waals surface area contributed by atoms with Gasteiger partial charge in [0, 0.05) is 23.5 Å². The number of amides is 1. The van der Waals surface area contributed by atoms with Gasteiger partial charge in [0.2, 0.25) is 5.91 Å².